The van der Waals surface area contributed by atoms with E-state index in [0.717, 1.165) is 39.9 Å². The first-order valence-corrected chi connectivity index (χ1v) is 10.3. The van der Waals surface area contributed by atoms with Gasteiger partial charge in [-0.15, -0.1) is 0 Å². The second-order valence-electron chi connectivity index (χ2n) is 7.12. The summed E-state index contributed by atoms with van der Waals surface area (Å²) < 4.78 is 2.12. The van der Waals surface area contributed by atoms with Crippen LogP contribution in [0.5, 0.6) is 0 Å². The van der Waals surface area contributed by atoms with Gasteiger partial charge in [0.1, 0.15) is 5.69 Å². The molecular formula is C20H24N4S. The van der Waals surface area contributed by atoms with E-state index >= 15 is 0 Å². The standard InChI is InChI=1S/C20H24N4S/c1-14-8-10-15(11-9-14)13-24-19-17(12-21-20(22-19)25-2)18(23-24)16-6-4-3-5-7-16/h3-7,12,14-15H,8-11,13H2,1-2H3. The lowest BCUT2D eigenvalue weighted by molar-refractivity contribution is 0.260. The normalized spacial score (nSPS) is 20.9. The van der Waals surface area contributed by atoms with Crippen LogP contribution in [0.3, 0.4) is 0 Å². The maximum atomic E-state index is 4.95. The Balaban J connectivity index is 1.74. The zero-order valence-corrected chi connectivity index (χ0v) is 15.7. The van der Waals surface area contributed by atoms with E-state index in [0.29, 0.717) is 5.92 Å². The second-order valence-corrected chi connectivity index (χ2v) is 7.89. The first-order valence-electron chi connectivity index (χ1n) is 9.07. The van der Waals surface area contributed by atoms with Crippen LogP contribution >= 0.6 is 11.8 Å². The van der Waals surface area contributed by atoms with E-state index in [1.54, 1.807) is 11.8 Å². The SMILES string of the molecule is CSc1ncc2c(-c3ccccc3)nn(CC3CCC(C)CC3)c2n1. The molecule has 2 aromatic heterocycles. The van der Waals surface area contributed by atoms with Crippen molar-refractivity contribution in [3.8, 4) is 11.3 Å². The van der Waals surface area contributed by atoms with Crippen LogP contribution in [-0.4, -0.2) is 26.0 Å². The molecule has 0 atom stereocenters. The van der Waals surface area contributed by atoms with Gasteiger partial charge in [0.05, 0.1) is 5.39 Å². The zero-order valence-electron chi connectivity index (χ0n) is 14.9. The highest BCUT2D eigenvalue weighted by molar-refractivity contribution is 7.98. The van der Waals surface area contributed by atoms with E-state index in [-0.39, 0.29) is 0 Å². The van der Waals surface area contributed by atoms with Crippen LogP contribution in [0.2, 0.25) is 0 Å². The summed E-state index contributed by atoms with van der Waals surface area (Å²) in [7, 11) is 0. The van der Waals surface area contributed by atoms with Gasteiger partial charge in [0.25, 0.3) is 0 Å². The summed E-state index contributed by atoms with van der Waals surface area (Å²) >= 11 is 1.58. The minimum atomic E-state index is 0.704. The predicted octanol–water partition coefficient (Wildman–Crippen LogP) is 5.04. The van der Waals surface area contributed by atoms with Crippen molar-refractivity contribution in [1.82, 2.24) is 19.7 Å². The van der Waals surface area contributed by atoms with Crippen LogP contribution in [0, 0.1) is 11.8 Å². The van der Waals surface area contributed by atoms with E-state index in [1.165, 1.54) is 25.7 Å². The Kier molecular flexibility index (Phi) is 4.75. The molecule has 25 heavy (non-hydrogen) atoms. The van der Waals surface area contributed by atoms with Gasteiger partial charge in [-0.25, -0.2) is 14.6 Å². The molecule has 2 heterocycles. The highest BCUT2D eigenvalue weighted by Crippen LogP contribution is 2.32. The Morgan fingerprint density at radius 3 is 2.60 bits per heavy atom. The van der Waals surface area contributed by atoms with Gasteiger partial charge in [0, 0.05) is 18.3 Å². The van der Waals surface area contributed by atoms with Crippen molar-refractivity contribution in [2.75, 3.05) is 6.26 Å². The first kappa shape index (κ1) is 16.6. The Hall–Kier alpha value is -1.88. The van der Waals surface area contributed by atoms with Gasteiger partial charge >= 0.3 is 0 Å². The zero-order chi connectivity index (χ0) is 17.2. The molecule has 1 saturated carbocycles. The van der Waals surface area contributed by atoms with Crippen LogP contribution in [0.4, 0.5) is 0 Å². The van der Waals surface area contributed by atoms with Crippen molar-refractivity contribution in [2.24, 2.45) is 11.8 Å². The number of fused-ring (bicyclic) bond motifs is 1. The van der Waals surface area contributed by atoms with Crippen LogP contribution in [0.25, 0.3) is 22.3 Å². The third kappa shape index (κ3) is 3.43. The summed E-state index contributed by atoms with van der Waals surface area (Å²) in [5.74, 6) is 1.58. The molecule has 4 nitrogen and oxygen atoms in total. The van der Waals surface area contributed by atoms with Gasteiger partial charge in [0.2, 0.25) is 0 Å². The molecule has 1 aromatic carbocycles. The van der Waals surface area contributed by atoms with Gasteiger partial charge in [-0.3, -0.25) is 0 Å². The van der Waals surface area contributed by atoms with Crippen molar-refractivity contribution in [3.05, 3.63) is 36.5 Å². The van der Waals surface area contributed by atoms with Gasteiger partial charge in [-0.05, 0) is 30.9 Å². The molecule has 130 valence electrons. The van der Waals surface area contributed by atoms with Crippen LogP contribution in [-0.2, 0) is 6.54 Å². The second kappa shape index (κ2) is 7.16. The van der Waals surface area contributed by atoms with Gasteiger partial charge in [-0.2, -0.15) is 5.10 Å². The molecule has 0 amide bonds. The lowest BCUT2D eigenvalue weighted by atomic mass is 9.83. The van der Waals surface area contributed by atoms with Crippen molar-refractivity contribution in [1.29, 1.82) is 0 Å². The molecule has 3 aromatic rings. The minimum Gasteiger partial charge on any atom is -0.246 e. The fourth-order valence-corrected chi connectivity index (χ4v) is 4.07. The Bertz CT molecular complexity index is 851. The molecule has 1 aliphatic rings. The molecule has 0 saturated heterocycles. The molecule has 0 spiro atoms. The number of thioether (sulfide) groups is 1. The average molecular weight is 353 g/mol. The van der Waals surface area contributed by atoms with E-state index in [4.69, 9.17) is 10.1 Å². The van der Waals surface area contributed by atoms with E-state index in [2.05, 4.69) is 40.9 Å². The number of nitrogens with zero attached hydrogens (tertiary/aromatic N) is 4. The Morgan fingerprint density at radius 2 is 1.88 bits per heavy atom. The fraction of sp³-hybridized carbons (Fsp3) is 0.450. The third-order valence-corrected chi connectivity index (χ3v) is 5.83. The number of hydrogen-bond donors (Lipinski definition) is 0. The largest absolute Gasteiger partial charge is 0.246 e. The van der Waals surface area contributed by atoms with E-state index in [9.17, 15) is 0 Å². The lowest BCUT2D eigenvalue weighted by Crippen LogP contribution is -2.18. The van der Waals surface area contributed by atoms with Crippen molar-refractivity contribution >= 4 is 22.8 Å². The monoisotopic (exact) mass is 352 g/mol. The van der Waals surface area contributed by atoms with Crippen LogP contribution in [0.1, 0.15) is 32.6 Å². The van der Waals surface area contributed by atoms with Crippen LogP contribution < -0.4 is 0 Å². The smallest absolute Gasteiger partial charge is 0.189 e. The third-order valence-electron chi connectivity index (χ3n) is 5.26. The number of aromatic nitrogens is 4. The first-order chi connectivity index (χ1) is 12.2. The Labute approximate surface area is 153 Å². The van der Waals surface area contributed by atoms with Gasteiger partial charge in [-0.1, -0.05) is 61.9 Å². The average Bonchev–Trinajstić information content (AvgIpc) is 3.02. The topological polar surface area (TPSA) is 43.6 Å². The summed E-state index contributed by atoms with van der Waals surface area (Å²) in [5, 5.41) is 6.81. The fourth-order valence-electron chi connectivity index (χ4n) is 3.73. The van der Waals surface area contributed by atoms with E-state index in [1.807, 2.05) is 18.5 Å². The molecule has 0 bridgehead atoms. The number of benzene rings is 1. The van der Waals surface area contributed by atoms with Crippen molar-refractivity contribution < 1.29 is 0 Å². The quantitative estimate of drug-likeness (QED) is 0.487. The molecule has 0 N–H and O–H groups in total. The molecule has 5 heteroatoms. The predicted molar refractivity (Wildman–Crippen MR) is 104 cm³/mol. The molecule has 1 fully saturated rings. The molecular weight excluding hydrogens is 328 g/mol. The molecule has 4 rings (SSSR count). The van der Waals surface area contributed by atoms with Gasteiger partial charge in [0.15, 0.2) is 10.8 Å². The summed E-state index contributed by atoms with van der Waals surface area (Å²) in [6.45, 7) is 3.33. The van der Waals surface area contributed by atoms with E-state index < -0.39 is 0 Å². The Morgan fingerprint density at radius 1 is 1.12 bits per heavy atom. The summed E-state index contributed by atoms with van der Waals surface area (Å²) in [4.78, 5) is 9.25. The minimum absolute atomic E-state index is 0.704. The molecule has 0 radical (unpaired) electrons. The maximum absolute atomic E-state index is 4.95. The summed E-state index contributed by atoms with van der Waals surface area (Å²) in [6.07, 6.45) is 9.21. The molecule has 0 unspecified atom stereocenters. The van der Waals surface area contributed by atoms with Crippen molar-refractivity contribution in [2.45, 2.75) is 44.3 Å². The molecule has 1 aliphatic carbocycles. The van der Waals surface area contributed by atoms with Gasteiger partial charge < -0.3 is 0 Å². The lowest BCUT2D eigenvalue weighted by Gasteiger charge is -2.26. The number of hydrogen-bond acceptors (Lipinski definition) is 4. The van der Waals surface area contributed by atoms with Crippen LogP contribution in [0.15, 0.2) is 41.7 Å². The number of rotatable bonds is 4. The highest BCUT2D eigenvalue weighted by atomic mass is 32.2. The summed E-state index contributed by atoms with van der Waals surface area (Å²) in [5.41, 5.74) is 3.09. The highest BCUT2D eigenvalue weighted by Gasteiger charge is 2.21. The maximum Gasteiger partial charge on any atom is 0.189 e. The van der Waals surface area contributed by atoms with Crippen molar-refractivity contribution in [3.63, 3.8) is 0 Å². The molecule has 0 aliphatic heterocycles. The summed E-state index contributed by atoms with van der Waals surface area (Å²) in [6, 6.07) is 10.4.